The number of aliphatic imine (C=N–C) groups is 1. The molecule has 1 saturated carbocycles. The molecule has 1 aliphatic rings. The first-order chi connectivity index (χ1) is 12.7. The van der Waals surface area contributed by atoms with Crippen molar-refractivity contribution in [3.8, 4) is 0 Å². The van der Waals surface area contributed by atoms with Crippen molar-refractivity contribution < 1.29 is 4.39 Å². The summed E-state index contributed by atoms with van der Waals surface area (Å²) in [7, 11) is 1.80. The van der Waals surface area contributed by atoms with Crippen LogP contribution in [0.15, 0.2) is 59.7 Å². The van der Waals surface area contributed by atoms with Gasteiger partial charge in [0, 0.05) is 42.7 Å². The van der Waals surface area contributed by atoms with E-state index in [0.717, 1.165) is 36.2 Å². The Morgan fingerprint density at radius 3 is 2.81 bits per heavy atom. The number of rotatable bonds is 5. The van der Waals surface area contributed by atoms with Gasteiger partial charge in [-0.3, -0.25) is 4.99 Å². The third-order valence-electron chi connectivity index (χ3n) is 4.98. The standard InChI is InChI=1S/C21H23FN4.HI/c1-23-21(26-20-12-18(20)14-5-3-2-4-6-14)24-10-9-15-13-25-19-11-16(22)7-8-17(15)19;/h2-8,11,13,18,20,25H,9-10,12H2,1H3,(H2,23,24,26);1H. The van der Waals surface area contributed by atoms with Crippen LogP contribution in [0.1, 0.15) is 23.5 Å². The largest absolute Gasteiger partial charge is 0.361 e. The van der Waals surface area contributed by atoms with Gasteiger partial charge in [-0.05, 0) is 42.2 Å². The second-order valence-electron chi connectivity index (χ2n) is 6.76. The first-order valence-electron chi connectivity index (χ1n) is 9.02. The molecule has 6 heteroatoms. The van der Waals surface area contributed by atoms with Crippen LogP contribution in [0.3, 0.4) is 0 Å². The summed E-state index contributed by atoms with van der Waals surface area (Å²) in [5.41, 5.74) is 3.40. The molecular weight excluding hydrogens is 454 g/mol. The highest BCUT2D eigenvalue weighted by Crippen LogP contribution is 2.40. The van der Waals surface area contributed by atoms with Gasteiger partial charge in [0.05, 0.1) is 0 Å². The Balaban J connectivity index is 0.00000210. The third kappa shape index (κ3) is 4.61. The smallest absolute Gasteiger partial charge is 0.191 e. The van der Waals surface area contributed by atoms with Crippen molar-refractivity contribution in [2.75, 3.05) is 13.6 Å². The zero-order valence-corrected chi connectivity index (χ0v) is 17.5. The van der Waals surface area contributed by atoms with Gasteiger partial charge in [0.2, 0.25) is 0 Å². The maximum atomic E-state index is 13.3. The lowest BCUT2D eigenvalue weighted by Crippen LogP contribution is -2.39. The van der Waals surface area contributed by atoms with Crippen LogP contribution in [0.2, 0.25) is 0 Å². The summed E-state index contributed by atoms with van der Waals surface area (Å²) in [5.74, 6) is 1.18. The van der Waals surface area contributed by atoms with Gasteiger partial charge in [-0.25, -0.2) is 4.39 Å². The molecule has 2 atom stereocenters. The van der Waals surface area contributed by atoms with E-state index in [2.05, 4.69) is 44.9 Å². The monoisotopic (exact) mass is 478 g/mol. The molecule has 2 unspecified atom stereocenters. The van der Waals surface area contributed by atoms with Crippen LogP contribution in [-0.2, 0) is 6.42 Å². The minimum Gasteiger partial charge on any atom is -0.361 e. The summed E-state index contributed by atoms with van der Waals surface area (Å²) in [6.07, 6.45) is 3.94. The molecule has 4 nitrogen and oxygen atoms in total. The predicted molar refractivity (Wildman–Crippen MR) is 119 cm³/mol. The molecule has 0 amide bonds. The number of hydrogen-bond acceptors (Lipinski definition) is 1. The molecular formula is C21H24FIN4. The molecule has 1 fully saturated rings. The van der Waals surface area contributed by atoms with Crippen LogP contribution < -0.4 is 10.6 Å². The van der Waals surface area contributed by atoms with Crippen molar-refractivity contribution in [3.63, 3.8) is 0 Å². The molecule has 3 N–H and O–H groups in total. The summed E-state index contributed by atoms with van der Waals surface area (Å²) >= 11 is 0. The second kappa shape index (κ2) is 8.73. The Bertz CT molecular complexity index is 922. The fourth-order valence-electron chi connectivity index (χ4n) is 3.47. The highest BCUT2D eigenvalue weighted by molar-refractivity contribution is 14.0. The van der Waals surface area contributed by atoms with Crippen molar-refractivity contribution in [3.05, 3.63) is 71.7 Å². The van der Waals surface area contributed by atoms with Gasteiger partial charge < -0.3 is 15.6 Å². The molecule has 1 aromatic heterocycles. The van der Waals surface area contributed by atoms with Gasteiger partial charge in [0.25, 0.3) is 0 Å². The lowest BCUT2D eigenvalue weighted by atomic mass is 10.1. The van der Waals surface area contributed by atoms with Crippen molar-refractivity contribution in [1.82, 2.24) is 15.6 Å². The van der Waals surface area contributed by atoms with Crippen LogP contribution in [-0.4, -0.2) is 30.6 Å². The zero-order valence-electron chi connectivity index (χ0n) is 15.2. The summed E-state index contributed by atoms with van der Waals surface area (Å²) in [5, 5.41) is 7.95. The Hall–Kier alpha value is -2.09. The molecule has 4 rings (SSSR count). The molecule has 2 aromatic carbocycles. The summed E-state index contributed by atoms with van der Waals surface area (Å²) in [6, 6.07) is 15.9. The number of benzene rings is 2. The van der Waals surface area contributed by atoms with E-state index in [-0.39, 0.29) is 29.8 Å². The Morgan fingerprint density at radius 2 is 2.04 bits per heavy atom. The van der Waals surface area contributed by atoms with E-state index in [9.17, 15) is 4.39 Å². The van der Waals surface area contributed by atoms with Gasteiger partial charge in [-0.15, -0.1) is 24.0 Å². The molecule has 0 bridgehead atoms. The predicted octanol–water partition coefficient (Wildman–Crippen LogP) is 4.19. The molecule has 0 saturated heterocycles. The number of nitrogens with zero attached hydrogens (tertiary/aromatic N) is 1. The molecule has 1 heterocycles. The molecule has 0 aliphatic heterocycles. The molecule has 142 valence electrons. The first-order valence-corrected chi connectivity index (χ1v) is 9.02. The van der Waals surface area contributed by atoms with E-state index >= 15 is 0 Å². The molecule has 0 spiro atoms. The number of aromatic nitrogens is 1. The van der Waals surface area contributed by atoms with Crippen molar-refractivity contribution in [1.29, 1.82) is 0 Å². The lowest BCUT2D eigenvalue weighted by molar-refractivity contribution is 0.629. The minimum absolute atomic E-state index is 0. The van der Waals surface area contributed by atoms with Crippen LogP contribution >= 0.6 is 24.0 Å². The summed E-state index contributed by atoms with van der Waals surface area (Å²) in [6.45, 7) is 0.771. The highest BCUT2D eigenvalue weighted by Gasteiger charge is 2.38. The van der Waals surface area contributed by atoms with Crippen LogP contribution in [0.5, 0.6) is 0 Å². The maximum absolute atomic E-state index is 13.3. The van der Waals surface area contributed by atoms with E-state index in [0.29, 0.717) is 12.0 Å². The van der Waals surface area contributed by atoms with Crippen LogP contribution in [0, 0.1) is 5.82 Å². The van der Waals surface area contributed by atoms with Crippen LogP contribution in [0.25, 0.3) is 10.9 Å². The normalized spacial score (nSPS) is 18.8. The van der Waals surface area contributed by atoms with E-state index in [1.165, 1.54) is 23.3 Å². The van der Waals surface area contributed by atoms with E-state index in [4.69, 9.17) is 0 Å². The fraction of sp³-hybridized carbons (Fsp3) is 0.286. The van der Waals surface area contributed by atoms with Crippen molar-refractivity contribution >= 4 is 40.8 Å². The van der Waals surface area contributed by atoms with Gasteiger partial charge in [0.1, 0.15) is 5.82 Å². The average Bonchev–Trinajstić information content (AvgIpc) is 3.33. The topological polar surface area (TPSA) is 52.2 Å². The van der Waals surface area contributed by atoms with Crippen molar-refractivity contribution in [2.24, 2.45) is 4.99 Å². The van der Waals surface area contributed by atoms with Crippen molar-refractivity contribution in [2.45, 2.75) is 24.8 Å². The number of hydrogen-bond donors (Lipinski definition) is 3. The van der Waals surface area contributed by atoms with Gasteiger partial charge >= 0.3 is 0 Å². The molecule has 3 aromatic rings. The summed E-state index contributed by atoms with van der Waals surface area (Å²) in [4.78, 5) is 7.46. The van der Waals surface area contributed by atoms with Gasteiger partial charge in [0.15, 0.2) is 5.96 Å². The second-order valence-corrected chi connectivity index (χ2v) is 6.76. The van der Waals surface area contributed by atoms with E-state index in [1.807, 2.05) is 18.3 Å². The number of halogens is 2. The number of H-pyrrole nitrogens is 1. The third-order valence-corrected chi connectivity index (χ3v) is 4.98. The maximum Gasteiger partial charge on any atom is 0.191 e. The summed E-state index contributed by atoms with van der Waals surface area (Å²) < 4.78 is 13.3. The quantitative estimate of drug-likeness (QED) is 0.293. The Labute approximate surface area is 175 Å². The Kier molecular flexibility index (Phi) is 6.36. The lowest BCUT2D eigenvalue weighted by Gasteiger charge is -2.11. The Morgan fingerprint density at radius 1 is 1.22 bits per heavy atom. The molecule has 27 heavy (non-hydrogen) atoms. The highest BCUT2D eigenvalue weighted by atomic mass is 127. The SMILES string of the molecule is CN=C(NCCc1c[nH]c2cc(F)ccc12)NC1CC1c1ccccc1.I. The van der Waals surface area contributed by atoms with Gasteiger partial charge in [-0.1, -0.05) is 30.3 Å². The van der Waals surface area contributed by atoms with Gasteiger partial charge in [-0.2, -0.15) is 0 Å². The number of nitrogens with one attached hydrogen (secondary N) is 3. The minimum atomic E-state index is -0.217. The average molecular weight is 478 g/mol. The first kappa shape index (κ1) is 19.7. The van der Waals surface area contributed by atoms with Crippen LogP contribution in [0.4, 0.5) is 4.39 Å². The molecule has 0 radical (unpaired) electrons. The number of aromatic amines is 1. The van der Waals surface area contributed by atoms with E-state index < -0.39 is 0 Å². The fourth-order valence-corrected chi connectivity index (χ4v) is 3.47. The zero-order chi connectivity index (χ0) is 17.9. The number of fused-ring (bicyclic) bond motifs is 1. The molecule has 1 aliphatic carbocycles. The van der Waals surface area contributed by atoms with E-state index in [1.54, 1.807) is 7.05 Å². The number of guanidine groups is 1.